The van der Waals surface area contributed by atoms with Crippen LogP contribution in [0.2, 0.25) is 0 Å². The fourth-order valence-electron chi connectivity index (χ4n) is 2.49. The van der Waals surface area contributed by atoms with E-state index in [1.54, 1.807) is 0 Å². The van der Waals surface area contributed by atoms with Gasteiger partial charge < -0.3 is 4.74 Å². The fourth-order valence-corrected chi connectivity index (χ4v) is 2.49. The van der Waals surface area contributed by atoms with Crippen molar-refractivity contribution < 1.29 is 9.53 Å². The first-order valence-corrected chi connectivity index (χ1v) is 6.64. The number of ether oxygens (including phenoxy) is 1. The lowest BCUT2D eigenvalue weighted by atomic mass is 9.58. The van der Waals surface area contributed by atoms with E-state index in [-0.39, 0.29) is 17.3 Å². The highest BCUT2D eigenvalue weighted by Gasteiger charge is 2.44. The van der Waals surface area contributed by atoms with Gasteiger partial charge in [-0.2, -0.15) is 0 Å². The lowest BCUT2D eigenvalue weighted by Crippen LogP contribution is -2.41. The molecule has 0 aliphatic heterocycles. The Kier molecular flexibility index (Phi) is 4.40. The quantitative estimate of drug-likeness (QED) is 0.547. The molecule has 0 aromatic carbocycles. The molecule has 0 radical (unpaired) electrons. The highest BCUT2D eigenvalue weighted by atomic mass is 16.5. The molecule has 1 aliphatic carbocycles. The van der Waals surface area contributed by atoms with Gasteiger partial charge in [0.25, 0.3) is 0 Å². The molecule has 2 heteroatoms. The van der Waals surface area contributed by atoms with Crippen LogP contribution in [0.25, 0.3) is 0 Å². The summed E-state index contributed by atoms with van der Waals surface area (Å²) in [6.45, 7) is 13.3. The van der Waals surface area contributed by atoms with Gasteiger partial charge >= 0.3 is 5.97 Å². The zero-order valence-corrected chi connectivity index (χ0v) is 12.1. The third kappa shape index (κ3) is 2.91. The van der Waals surface area contributed by atoms with E-state index in [1.807, 2.05) is 13.8 Å². The number of carbonyl (C=O) groups excluding carboxylic acids is 1. The summed E-state index contributed by atoms with van der Waals surface area (Å²) in [5.74, 6) is 0.468. The SMILES string of the molecule is CCC(C)C(=O)OCC1CC(=C(C)C)C1(C)C. The second-order valence-corrected chi connectivity index (χ2v) is 6.04. The number of carbonyl (C=O) groups is 1. The standard InChI is InChI=1S/C15H26O2/c1-7-11(4)14(16)17-9-12-8-13(10(2)3)15(12,5)6/h11-12H,7-9H2,1-6H3. The van der Waals surface area contributed by atoms with Crippen LogP contribution in [0.1, 0.15) is 54.4 Å². The van der Waals surface area contributed by atoms with Gasteiger partial charge in [-0.1, -0.05) is 38.8 Å². The summed E-state index contributed by atoms with van der Waals surface area (Å²) in [7, 11) is 0. The van der Waals surface area contributed by atoms with E-state index in [2.05, 4.69) is 27.7 Å². The van der Waals surface area contributed by atoms with Crippen molar-refractivity contribution in [2.24, 2.45) is 17.3 Å². The molecule has 2 atom stereocenters. The summed E-state index contributed by atoms with van der Waals surface area (Å²) < 4.78 is 5.40. The molecule has 98 valence electrons. The number of hydrogen-bond donors (Lipinski definition) is 0. The van der Waals surface area contributed by atoms with Gasteiger partial charge in [0.05, 0.1) is 12.5 Å². The van der Waals surface area contributed by atoms with E-state index in [1.165, 1.54) is 11.1 Å². The molecule has 2 nitrogen and oxygen atoms in total. The Balaban J connectivity index is 2.47. The van der Waals surface area contributed by atoms with Gasteiger partial charge in [0.1, 0.15) is 0 Å². The van der Waals surface area contributed by atoms with Gasteiger partial charge in [-0.25, -0.2) is 0 Å². The molecule has 0 N–H and O–H groups in total. The lowest BCUT2D eigenvalue weighted by Gasteiger charge is -2.48. The monoisotopic (exact) mass is 238 g/mol. The normalized spacial score (nSPS) is 23.9. The number of allylic oxidation sites excluding steroid dienone is 2. The smallest absolute Gasteiger partial charge is 0.308 e. The summed E-state index contributed by atoms with van der Waals surface area (Å²) in [5.41, 5.74) is 3.15. The Hall–Kier alpha value is -0.790. The van der Waals surface area contributed by atoms with Gasteiger partial charge in [0, 0.05) is 5.92 Å². The van der Waals surface area contributed by atoms with Crippen molar-refractivity contribution in [3.63, 3.8) is 0 Å². The van der Waals surface area contributed by atoms with Crippen LogP contribution in [0.4, 0.5) is 0 Å². The van der Waals surface area contributed by atoms with Crippen LogP contribution < -0.4 is 0 Å². The van der Waals surface area contributed by atoms with E-state index in [4.69, 9.17) is 4.74 Å². The maximum absolute atomic E-state index is 11.6. The molecule has 1 saturated carbocycles. The van der Waals surface area contributed by atoms with Gasteiger partial charge in [0.2, 0.25) is 0 Å². The minimum Gasteiger partial charge on any atom is -0.465 e. The van der Waals surface area contributed by atoms with Crippen molar-refractivity contribution in [3.05, 3.63) is 11.1 Å². The molecule has 0 saturated heterocycles. The molecule has 0 spiro atoms. The summed E-state index contributed by atoms with van der Waals surface area (Å²) in [6, 6.07) is 0. The first-order chi connectivity index (χ1) is 7.80. The number of esters is 1. The molecule has 0 amide bonds. The number of hydrogen-bond acceptors (Lipinski definition) is 2. The van der Waals surface area contributed by atoms with Gasteiger partial charge in [-0.15, -0.1) is 0 Å². The zero-order valence-electron chi connectivity index (χ0n) is 12.1. The van der Waals surface area contributed by atoms with Crippen LogP contribution in [-0.2, 0) is 9.53 Å². The summed E-state index contributed by atoms with van der Waals surface area (Å²) in [4.78, 5) is 11.6. The lowest BCUT2D eigenvalue weighted by molar-refractivity contribution is -0.151. The van der Waals surface area contributed by atoms with E-state index in [9.17, 15) is 4.79 Å². The maximum Gasteiger partial charge on any atom is 0.308 e. The third-order valence-corrected chi connectivity index (χ3v) is 4.29. The van der Waals surface area contributed by atoms with E-state index >= 15 is 0 Å². The molecule has 0 heterocycles. The van der Waals surface area contributed by atoms with Gasteiger partial charge in [-0.05, 0) is 32.1 Å². The first-order valence-electron chi connectivity index (χ1n) is 6.64. The molecule has 1 rings (SSSR count). The molecule has 1 fully saturated rings. The molecule has 0 aromatic rings. The van der Waals surface area contributed by atoms with Crippen molar-refractivity contribution in [1.82, 2.24) is 0 Å². The molecule has 17 heavy (non-hydrogen) atoms. The van der Waals surface area contributed by atoms with Crippen molar-refractivity contribution in [3.8, 4) is 0 Å². The minimum atomic E-state index is -0.0473. The van der Waals surface area contributed by atoms with Crippen molar-refractivity contribution in [2.45, 2.75) is 54.4 Å². The second-order valence-electron chi connectivity index (χ2n) is 6.04. The number of rotatable bonds is 4. The Morgan fingerprint density at radius 1 is 1.47 bits per heavy atom. The Bertz CT molecular complexity index is 322. The Labute approximate surface area is 105 Å². The highest BCUT2D eigenvalue weighted by Crippen LogP contribution is 2.52. The Morgan fingerprint density at radius 2 is 2.06 bits per heavy atom. The first kappa shape index (κ1) is 14.3. The summed E-state index contributed by atoms with van der Waals surface area (Å²) in [5, 5.41) is 0. The van der Waals surface area contributed by atoms with E-state index in [0.717, 1.165) is 12.8 Å². The molecule has 0 aromatic heterocycles. The van der Waals surface area contributed by atoms with Crippen molar-refractivity contribution >= 4 is 5.97 Å². The zero-order chi connectivity index (χ0) is 13.2. The van der Waals surface area contributed by atoms with Gasteiger partial charge in [0.15, 0.2) is 0 Å². The van der Waals surface area contributed by atoms with Crippen LogP contribution in [-0.4, -0.2) is 12.6 Å². The fraction of sp³-hybridized carbons (Fsp3) is 0.800. The van der Waals surface area contributed by atoms with E-state index < -0.39 is 0 Å². The van der Waals surface area contributed by atoms with Crippen molar-refractivity contribution in [1.29, 1.82) is 0 Å². The molecular weight excluding hydrogens is 212 g/mol. The average Bonchev–Trinajstić information content (AvgIpc) is 2.25. The highest BCUT2D eigenvalue weighted by molar-refractivity contribution is 5.71. The molecule has 0 bridgehead atoms. The largest absolute Gasteiger partial charge is 0.465 e. The second kappa shape index (κ2) is 5.24. The maximum atomic E-state index is 11.6. The topological polar surface area (TPSA) is 26.3 Å². The average molecular weight is 238 g/mol. The summed E-state index contributed by atoms with van der Waals surface area (Å²) >= 11 is 0. The molecule has 1 aliphatic rings. The van der Waals surface area contributed by atoms with Crippen LogP contribution >= 0.6 is 0 Å². The summed E-state index contributed by atoms with van der Waals surface area (Å²) in [6.07, 6.45) is 1.94. The predicted octanol–water partition coefficient (Wildman–Crippen LogP) is 3.96. The van der Waals surface area contributed by atoms with Crippen LogP contribution in [0, 0.1) is 17.3 Å². The minimum absolute atomic E-state index is 0.0288. The van der Waals surface area contributed by atoms with Crippen molar-refractivity contribution in [2.75, 3.05) is 6.61 Å². The van der Waals surface area contributed by atoms with Crippen LogP contribution in [0.5, 0.6) is 0 Å². The van der Waals surface area contributed by atoms with E-state index in [0.29, 0.717) is 12.5 Å². The van der Waals surface area contributed by atoms with Crippen LogP contribution in [0.3, 0.4) is 0 Å². The van der Waals surface area contributed by atoms with Gasteiger partial charge in [-0.3, -0.25) is 4.79 Å². The molecule has 2 unspecified atom stereocenters. The third-order valence-electron chi connectivity index (χ3n) is 4.29. The predicted molar refractivity (Wildman–Crippen MR) is 70.7 cm³/mol. The molecular formula is C15H26O2. The Morgan fingerprint density at radius 3 is 2.47 bits per heavy atom. The van der Waals surface area contributed by atoms with Crippen LogP contribution in [0.15, 0.2) is 11.1 Å².